The number of rotatable bonds is 4. The summed E-state index contributed by atoms with van der Waals surface area (Å²) in [5, 5.41) is 3.58. The van der Waals surface area contributed by atoms with Crippen molar-refractivity contribution in [2.45, 2.75) is 26.3 Å². The Morgan fingerprint density at radius 3 is 2.75 bits per heavy atom. The molecule has 0 radical (unpaired) electrons. The van der Waals surface area contributed by atoms with Gasteiger partial charge in [0, 0.05) is 35.3 Å². The first-order valence-electron chi connectivity index (χ1n) is 8.19. The molecule has 130 valence electrons. The Bertz CT molecular complexity index is 751. The van der Waals surface area contributed by atoms with Crippen molar-refractivity contribution in [2.75, 3.05) is 32.8 Å². The van der Waals surface area contributed by atoms with E-state index in [9.17, 15) is 9.18 Å². The molecule has 1 amide bonds. The maximum absolute atomic E-state index is 14.0. The van der Waals surface area contributed by atoms with E-state index in [1.165, 1.54) is 17.4 Å². The minimum atomic E-state index is -0.269. The zero-order valence-corrected chi connectivity index (χ0v) is 15.1. The third-order valence-corrected chi connectivity index (χ3v) is 5.91. The molecule has 0 spiro atoms. The van der Waals surface area contributed by atoms with Crippen molar-refractivity contribution < 1.29 is 13.9 Å². The monoisotopic (exact) mass is 350 g/mol. The van der Waals surface area contributed by atoms with Crippen LogP contribution in [0.3, 0.4) is 0 Å². The lowest BCUT2D eigenvalue weighted by molar-refractivity contribution is -0.00922. The molecular formula is C18H23FN2O2S. The van der Waals surface area contributed by atoms with Gasteiger partial charge in [-0.3, -0.25) is 9.69 Å². The summed E-state index contributed by atoms with van der Waals surface area (Å²) in [6.45, 7) is 9.79. The first-order valence-corrected chi connectivity index (χ1v) is 9.00. The minimum absolute atomic E-state index is 0.130. The maximum Gasteiger partial charge on any atom is 0.261 e. The van der Waals surface area contributed by atoms with Gasteiger partial charge in [0.2, 0.25) is 0 Å². The summed E-state index contributed by atoms with van der Waals surface area (Å²) in [4.78, 5) is 15.5. The molecule has 2 aromatic rings. The molecule has 3 rings (SSSR count). The number of aryl methyl sites for hydroxylation is 1. The molecule has 1 aliphatic heterocycles. The van der Waals surface area contributed by atoms with Crippen LogP contribution in [0.25, 0.3) is 10.1 Å². The van der Waals surface area contributed by atoms with Gasteiger partial charge >= 0.3 is 0 Å². The second-order valence-corrected chi connectivity index (χ2v) is 7.82. The first-order chi connectivity index (χ1) is 11.4. The standard InChI is InChI=1S/C18H23FN2O2S/c1-12-15-13(19)5-4-6-14(15)24-16(12)17(22)20-11-18(2,3)21-7-9-23-10-8-21/h4-6H,7-11H2,1-3H3,(H,20,22). The highest BCUT2D eigenvalue weighted by molar-refractivity contribution is 7.21. The Morgan fingerprint density at radius 2 is 2.08 bits per heavy atom. The molecule has 1 aromatic heterocycles. The average molecular weight is 350 g/mol. The molecule has 0 unspecified atom stereocenters. The summed E-state index contributed by atoms with van der Waals surface area (Å²) in [5.74, 6) is -0.400. The summed E-state index contributed by atoms with van der Waals surface area (Å²) in [6, 6.07) is 4.96. The fraction of sp³-hybridized carbons (Fsp3) is 0.500. The lowest BCUT2D eigenvalue weighted by Gasteiger charge is -2.40. The van der Waals surface area contributed by atoms with Crippen molar-refractivity contribution in [1.29, 1.82) is 0 Å². The van der Waals surface area contributed by atoms with E-state index in [0.29, 0.717) is 16.8 Å². The number of nitrogens with zero attached hydrogens (tertiary/aromatic N) is 1. The number of halogens is 1. The van der Waals surface area contributed by atoms with E-state index in [0.717, 1.165) is 36.6 Å². The first kappa shape index (κ1) is 17.3. The predicted molar refractivity (Wildman–Crippen MR) is 95.3 cm³/mol. The Morgan fingerprint density at radius 1 is 1.38 bits per heavy atom. The van der Waals surface area contributed by atoms with Gasteiger partial charge in [-0.2, -0.15) is 0 Å². The Balaban J connectivity index is 1.73. The SMILES string of the molecule is Cc1c(C(=O)NCC(C)(C)N2CCOCC2)sc2cccc(F)c12. The van der Waals surface area contributed by atoms with Crippen LogP contribution in [0.4, 0.5) is 4.39 Å². The van der Waals surface area contributed by atoms with Crippen LogP contribution < -0.4 is 5.32 Å². The van der Waals surface area contributed by atoms with Gasteiger partial charge in [0.05, 0.1) is 18.1 Å². The average Bonchev–Trinajstić information content (AvgIpc) is 2.92. The molecule has 1 aromatic carbocycles. The van der Waals surface area contributed by atoms with E-state index in [1.54, 1.807) is 6.07 Å². The van der Waals surface area contributed by atoms with Crippen molar-refractivity contribution in [3.05, 3.63) is 34.5 Å². The molecule has 24 heavy (non-hydrogen) atoms. The fourth-order valence-corrected chi connectivity index (χ4v) is 4.27. The number of hydrogen-bond acceptors (Lipinski definition) is 4. The van der Waals surface area contributed by atoms with Crippen LogP contribution in [0.1, 0.15) is 29.1 Å². The topological polar surface area (TPSA) is 41.6 Å². The summed E-state index contributed by atoms with van der Waals surface area (Å²) >= 11 is 1.35. The lowest BCUT2D eigenvalue weighted by Crippen LogP contribution is -2.55. The van der Waals surface area contributed by atoms with Gasteiger partial charge in [0.15, 0.2) is 0 Å². The van der Waals surface area contributed by atoms with E-state index < -0.39 is 0 Å². The van der Waals surface area contributed by atoms with E-state index >= 15 is 0 Å². The maximum atomic E-state index is 14.0. The molecule has 0 aliphatic carbocycles. The number of fused-ring (bicyclic) bond motifs is 1. The second kappa shape index (κ2) is 6.78. The number of amides is 1. The van der Waals surface area contributed by atoms with Crippen LogP contribution in [-0.4, -0.2) is 49.2 Å². The molecule has 6 heteroatoms. The van der Waals surface area contributed by atoms with Gasteiger partial charge in [-0.05, 0) is 38.5 Å². The van der Waals surface area contributed by atoms with E-state index in [-0.39, 0.29) is 17.3 Å². The van der Waals surface area contributed by atoms with Crippen molar-refractivity contribution in [3.63, 3.8) is 0 Å². The number of carbonyl (C=O) groups is 1. The van der Waals surface area contributed by atoms with Crippen LogP contribution in [0.15, 0.2) is 18.2 Å². The summed E-state index contributed by atoms with van der Waals surface area (Å²) < 4.78 is 20.2. The van der Waals surface area contributed by atoms with Gasteiger partial charge in [-0.25, -0.2) is 4.39 Å². The normalized spacial score (nSPS) is 16.5. The minimum Gasteiger partial charge on any atom is -0.379 e. The zero-order chi connectivity index (χ0) is 17.3. The van der Waals surface area contributed by atoms with Crippen LogP contribution in [-0.2, 0) is 4.74 Å². The smallest absolute Gasteiger partial charge is 0.261 e. The van der Waals surface area contributed by atoms with Crippen LogP contribution >= 0.6 is 11.3 Å². The van der Waals surface area contributed by atoms with Gasteiger partial charge in [-0.1, -0.05) is 6.07 Å². The summed E-state index contributed by atoms with van der Waals surface area (Å²) in [7, 11) is 0. The highest BCUT2D eigenvalue weighted by Crippen LogP contribution is 2.32. The number of hydrogen-bond donors (Lipinski definition) is 1. The quantitative estimate of drug-likeness (QED) is 0.921. The van der Waals surface area contributed by atoms with Crippen molar-refractivity contribution >= 4 is 27.3 Å². The van der Waals surface area contributed by atoms with Crippen LogP contribution in [0.2, 0.25) is 0 Å². The second-order valence-electron chi connectivity index (χ2n) is 6.76. The highest BCUT2D eigenvalue weighted by Gasteiger charge is 2.29. The number of morpholine rings is 1. The summed E-state index contributed by atoms with van der Waals surface area (Å²) in [6.07, 6.45) is 0. The lowest BCUT2D eigenvalue weighted by atomic mass is 10.0. The molecule has 0 saturated carbocycles. The largest absolute Gasteiger partial charge is 0.379 e. The van der Waals surface area contributed by atoms with Gasteiger partial charge < -0.3 is 10.1 Å². The molecule has 1 N–H and O–H groups in total. The Labute approximate surface area is 145 Å². The van der Waals surface area contributed by atoms with Crippen LogP contribution in [0.5, 0.6) is 0 Å². The molecule has 0 bridgehead atoms. The number of carbonyl (C=O) groups excluding carboxylic acids is 1. The third kappa shape index (κ3) is 3.31. The molecule has 1 aliphatic rings. The predicted octanol–water partition coefficient (Wildman–Crippen LogP) is 3.19. The number of nitrogens with one attached hydrogen (secondary N) is 1. The fourth-order valence-electron chi connectivity index (χ4n) is 3.13. The van der Waals surface area contributed by atoms with Crippen LogP contribution in [0, 0.1) is 12.7 Å². The molecule has 2 heterocycles. The van der Waals surface area contributed by atoms with E-state index in [4.69, 9.17) is 4.74 Å². The zero-order valence-electron chi connectivity index (χ0n) is 14.3. The van der Waals surface area contributed by atoms with E-state index in [1.807, 2.05) is 13.0 Å². The molecule has 1 saturated heterocycles. The molecule has 1 fully saturated rings. The Hall–Kier alpha value is -1.50. The Kier molecular flexibility index (Phi) is 4.90. The molecule has 4 nitrogen and oxygen atoms in total. The van der Waals surface area contributed by atoms with Gasteiger partial charge in [0.1, 0.15) is 5.82 Å². The molecule has 0 atom stereocenters. The number of ether oxygens (including phenoxy) is 1. The van der Waals surface area contributed by atoms with Gasteiger partial charge in [-0.15, -0.1) is 11.3 Å². The third-order valence-electron chi connectivity index (χ3n) is 4.66. The van der Waals surface area contributed by atoms with Crippen molar-refractivity contribution in [1.82, 2.24) is 10.2 Å². The highest BCUT2D eigenvalue weighted by atomic mass is 32.1. The molecular weight excluding hydrogens is 327 g/mol. The van der Waals surface area contributed by atoms with E-state index in [2.05, 4.69) is 24.1 Å². The number of thiophene rings is 1. The van der Waals surface area contributed by atoms with Crippen molar-refractivity contribution in [3.8, 4) is 0 Å². The summed E-state index contributed by atoms with van der Waals surface area (Å²) in [5.41, 5.74) is 0.574. The van der Waals surface area contributed by atoms with Gasteiger partial charge in [0.25, 0.3) is 5.91 Å². The van der Waals surface area contributed by atoms with Crippen molar-refractivity contribution in [2.24, 2.45) is 0 Å². The number of benzene rings is 1.